The van der Waals surface area contributed by atoms with Crippen molar-refractivity contribution in [3.63, 3.8) is 0 Å². The molecule has 0 heterocycles. The van der Waals surface area contributed by atoms with Crippen molar-refractivity contribution in [2.75, 3.05) is 7.11 Å². The van der Waals surface area contributed by atoms with Crippen molar-refractivity contribution in [3.8, 4) is 0 Å². The smallest absolute Gasteiger partial charge is 0.310 e. The molecule has 86 valence electrons. The molecule has 0 atom stereocenters. The van der Waals surface area contributed by atoms with Crippen molar-refractivity contribution in [1.29, 1.82) is 0 Å². The number of nitro groups is 1. The Kier molecular flexibility index (Phi) is 4.09. The van der Waals surface area contributed by atoms with Crippen LogP contribution in [0, 0.1) is 10.1 Å². The number of benzene rings is 1. The van der Waals surface area contributed by atoms with Crippen LogP contribution in [0.15, 0.2) is 12.1 Å². The third-order valence-corrected chi connectivity index (χ3v) is 2.60. The van der Waals surface area contributed by atoms with Gasteiger partial charge in [-0.3, -0.25) is 14.9 Å². The summed E-state index contributed by atoms with van der Waals surface area (Å²) in [5.41, 5.74) is -0.0777. The molecule has 0 aliphatic carbocycles. The molecule has 7 heteroatoms. The summed E-state index contributed by atoms with van der Waals surface area (Å²) in [6.45, 7) is 0. The summed E-state index contributed by atoms with van der Waals surface area (Å²) in [4.78, 5) is 21.1. The Hall–Kier alpha value is -1.33. The number of halogens is 2. The van der Waals surface area contributed by atoms with Crippen LogP contribution in [0.2, 0.25) is 10.0 Å². The zero-order valence-electron chi connectivity index (χ0n) is 8.20. The molecule has 1 aromatic carbocycles. The minimum absolute atomic E-state index is 0.0713. The van der Waals surface area contributed by atoms with Gasteiger partial charge in [0.15, 0.2) is 0 Å². The van der Waals surface area contributed by atoms with Crippen molar-refractivity contribution in [3.05, 3.63) is 37.9 Å². The van der Waals surface area contributed by atoms with Crippen molar-refractivity contribution in [2.24, 2.45) is 0 Å². The molecule has 1 rings (SSSR count). The van der Waals surface area contributed by atoms with Crippen molar-refractivity contribution >= 4 is 34.9 Å². The molecular formula is C9H7Cl2NO4. The van der Waals surface area contributed by atoms with E-state index in [0.29, 0.717) is 0 Å². The lowest BCUT2D eigenvalue weighted by Gasteiger charge is -2.03. The molecule has 1 aromatic rings. The van der Waals surface area contributed by atoms with Gasteiger partial charge < -0.3 is 4.74 Å². The number of rotatable bonds is 3. The van der Waals surface area contributed by atoms with Gasteiger partial charge in [0, 0.05) is 11.6 Å². The highest BCUT2D eigenvalue weighted by Gasteiger charge is 2.19. The van der Waals surface area contributed by atoms with E-state index in [1.54, 1.807) is 0 Å². The average molecular weight is 264 g/mol. The quantitative estimate of drug-likeness (QED) is 0.478. The highest BCUT2D eigenvalue weighted by atomic mass is 35.5. The molecular weight excluding hydrogens is 257 g/mol. The van der Waals surface area contributed by atoms with Gasteiger partial charge in [0.1, 0.15) is 0 Å². The van der Waals surface area contributed by atoms with E-state index >= 15 is 0 Å². The largest absolute Gasteiger partial charge is 0.469 e. The van der Waals surface area contributed by atoms with Crippen LogP contribution in [-0.2, 0) is 16.0 Å². The molecule has 0 radical (unpaired) electrons. The predicted octanol–water partition coefficient (Wildman–Crippen LogP) is 2.62. The van der Waals surface area contributed by atoms with Crippen LogP contribution in [-0.4, -0.2) is 18.0 Å². The van der Waals surface area contributed by atoms with Crippen LogP contribution < -0.4 is 0 Å². The summed E-state index contributed by atoms with van der Waals surface area (Å²) in [7, 11) is 1.20. The van der Waals surface area contributed by atoms with E-state index in [1.165, 1.54) is 13.2 Å². The van der Waals surface area contributed by atoms with Gasteiger partial charge in [-0.1, -0.05) is 23.2 Å². The molecule has 5 nitrogen and oxygen atoms in total. The van der Waals surface area contributed by atoms with Gasteiger partial charge in [-0.15, -0.1) is 0 Å². The van der Waals surface area contributed by atoms with E-state index in [1.807, 2.05) is 0 Å². The fourth-order valence-corrected chi connectivity index (χ4v) is 1.46. The molecule has 0 aromatic heterocycles. The molecule has 0 bridgehead atoms. The van der Waals surface area contributed by atoms with Crippen molar-refractivity contribution < 1.29 is 14.5 Å². The van der Waals surface area contributed by atoms with E-state index in [-0.39, 0.29) is 27.7 Å². The highest BCUT2D eigenvalue weighted by molar-refractivity contribution is 6.42. The molecule has 0 amide bonds. The van der Waals surface area contributed by atoms with E-state index in [0.717, 1.165) is 6.07 Å². The lowest BCUT2D eigenvalue weighted by Crippen LogP contribution is -2.07. The number of esters is 1. The molecule has 0 spiro atoms. The van der Waals surface area contributed by atoms with Gasteiger partial charge in [-0.05, 0) is 6.07 Å². The Labute approximate surface area is 101 Å². The first-order valence-electron chi connectivity index (χ1n) is 4.15. The summed E-state index contributed by atoms with van der Waals surface area (Å²) < 4.78 is 4.42. The topological polar surface area (TPSA) is 69.4 Å². The van der Waals surface area contributed by atoms with Gasteiger partial charge >= 0.3 is 5.97 Å². The number of nitro benzene ring substituents is 1. The van der Waals surface area contributed by atoms with E-state index in [4.69, 9.17) is 23.2 Å². The Morgan fingerprint density at radius 3 is 2.50 bits per heavy atom. The van der Waals surface area contributed by atoms with Crippen LogP contribution in [0.4, 0.5) is 5.69 Å². The second-order valence-corrected chi connectivity index (χ2v) is 3.72. The van der Waals surface area contributed by atoms with Gasteiger partial charge in [0.2, 0.25) is 0 Å². The lowest BCUT2D eigenvalue weighted by molar-refractivity contribution is -0.385. The average Bonchev–Trinajstić information content (AvgIpc) is 2.22. The van der Waals surface area contributed by atoms with Gasteiger partial charge in [-0.2, -0.15) is 0 Å². The maximum atomic E-state index is 11.0. The van der Waals surface area contributed by atoms with Crippen LogP contribution >= 0.6 is 23.2 Å². The van der Waals surface area contributed by atoms with Crippen molar-refractivity contribution in [2.45, 2.75) is 6.42 Å². The van der Waals surface area contributed by atoms with E-state index in [2.05, 4.69) is 4.74 Å². The first-order valence-corrected chi connectivity index (χ1v) is 4.90. The minimum Gasteiger partial charge on any atom is -0.469 e. The van der Waals surface area contributed by atoms with Crippen LogP contribution in [0.3, 0.4) is 0 Å². The number of carbonyl (C=O) groups excluding carboxylic acids is 1. The maximum absolute atomic E-state index is 11.0. The standard InChI is InChI=1S/C9H7Cl2NO4/c1-16-9(13)3-5-2-6(10)7(11)4-8(5)12(14)15/h2,4H,3H2,1H3. The number of hydrogen-bond acceptors (Lipinski definition) is 4. The summed E-state index contributed by atoms with van der Waals surface area (Å²) >= 11 is 11.4. The molecule has 0 aliphatic heterocycles. The molecule has 0 N–H and O–H groups in total. The third-order valence-electron chi connectivity index (χ3n) is 1.88. The van der Waals surface area contributed by atoms with Gasteiger partial charge in [0.25, 0.3) is 5.69 Å². The molecule has 0 saturated heterocycles. The predicted molar refractivity (Wildman–Crippen MR) is 58.8 cm³/mol. The molecule has 0 unspecified atom stereocenters. The number of methoxy groups -OCH3 is 1. The molecule has 16 heavy (non-hydrogen) atoms. The first kappa shape index (κ1) is 12.7. The normalized spacial score (nSPS) is 9.94. The number of hydrogen-bond donors (Lipinski definition) is 0. The number of nitrogens with zero attached hydrogens (tertiary/aromatic N) is 1. The van der Waals surface area contributed by atoms with Crippen molar-refractivity contribution in [1.82, 2.24) is 0 Å². The van der Waals surface area contributed by atoms with E-state index in [9.17, 15) is 14.9 Å². The Morgan fingerprint density at radius 1 is 1.44 bits per heavy atom. The third kappa shape index (κ3) is 2.84. The zero-order valence-corrected chi connectivity index (χ0v) is 9.71. The van der Waals surface area contributed by atoms with Gasteiger partial charge in [0.05, 0.1) is 28.5 Å². The Bertz CT molecular complexity index is 447. The number of carbonyl (C=O) groups is 1. The number of ether oxygens (including phenoxy) is 1. The summed E-state index contributed by atoms with van der Waals surface area (Å²) in [6.07, 6.45) is -0.219. The summed E-state index contributed by atoms with van der Waals surface area (Å²) in [5, 5.41) is 10.9. The lowest BCUT2D eigenvalue weighted by atomic mass is 10.1. The second-order valence-electron chi connectivity index (χ2n) is 2.91. The maximum Gasteiger partial charge on any atom is 0.310 e. The van der Waals surface area contributed by atoms with Crippen LogP contribution in [0.5, 0.6) is 0 Å². The Balaban J connectivity index is 3.19. The minimum atomic E-state index is -0.625. The second kappa shape index (κ2) is 5.14. The molecule has 0 aliphatic rings. The summed E-state index contributed by atoms with van der Waals surface area (Å²) in [5.74, 6) is -0.582. The molecule has 0 saturated carbocycles. The highest BCUT2D eigenvalue weighted by Crippen LogP contribution is 2.30. The monoisotopic (exact) mass is 263 g/mol. The fraction of sp³-hybridized carbons (Fsp3) is 0.222. The fourth-order valence-electron chi connectivity index (χ4n) is 1.12. The summed E-state index contributed by atoms with van der Waals surface area (Å²) in [6, 6.07) is 2.40. The Morgan fingerprint density at radius 2 is 2.00 bits per heavy atom. The van der Waals surface area contributed by atoms with E-state index < -0.39 is 10.9 Å². The SMILES string of the molecule is COC(=O)Cc1cc(Cl)c(Cl)cc1[N+](=O)[O-]. The van der Waals surface area contributed by atoms with Gasteiger partial charge in [-0.25, -0.2) is 0 Å². The first-order chi connectivity index (χ1) is 7.45. The molecule has 0 fully saturated rings. The van der Waals surface area contributed by atoms with Crippen LogP contribution in [0.25, 0.3) is 0 Å². The van der Waals surface area contributed by atoms with Crippen LogP contribution in [0.1, 0.15) is 5.56 Å². The zero-order chi connectivity index (χ0) is 12.3.